The zero-order valence-electron chi connectivity index (χ0n) is 11.6. The van der Waals surface area contributed by atoms with Gasteiger partial charge in [-0.05, 0) is 37.0 Å². The molecule has 2 rings (SSSR count). The summed E-state index contributed by atoms with van der Waals surface area (Å²) in [4.78, 5) is 11.9. The van der Waals surface area contributed by atoms with E-state index in [4.69, 9.17) is 0 Å². The van der Waals surface area contributed by atoms with Gasteiger partial charge in [0, 0.05) is 12.1 Å². The highest BCUT2D eigenvalue weighted by Crippen LogP contribution is 2.27. The monoisotopic (exact) mass is 299 g/mol. The van der Waals surface area contributed by atoms with E-state index in [0.717, 1.165) is 25.7 Å². The highest BCUT2D eigenvalue weighted by atomic mass is 19.3. The van der Waals surface area contributed by atoms with Gasteiger partial charge < -0.3 is 15.2 Å². The largest absolute Gasteiger partial charge is 0.435 e. The van der Waals surface area contributed by atoms with Crippen LogP contribution in [0.25, 0.3) is 0 Å². The number of nitrogens with one attached hydrogen (secondary N) is 1. The number of carbonyl (C=O) groups excluding carboxylic acids is 1. The van der Waals surface area contributed by atoms with E-state index >= 15 is 0 Å². The minimum absolute atomic E-state index is 0.0611. The molecule has 6 heteroatoms. The van der Waals surface area contributed by atoms with Crippen LogP contribution in [0.4, 0.5) is 8.78 Å². The summed E-state index contributed by atoms with van der Waals surface area (Å²) in [5, 5.41) is 12.6. The summed E-state index contributed by atoms with van der Waals surface area (Å²) in [5.74, 6) is -0.237. The van der Waals surface area contributed by atoms with Crippen LogP contribution < -0.4 is 10.1 Å². The molecule has 0 aromatic heterocycles. The van der Waals surface area contributed by atoms with Gasteiger partial charge in [0.25, 0.3) is 5.91 Å². The lowest BCUT2D eigenvalue weighted by Gasteiger charge is -2.18. The van der Waals surface area contributed by atoms with Crippen molar-refractivity contribution in [2.24, 2.45) is 5.92 Å². The number of halogens is 2. The van der Waals surface area contributed by atoms with E-state index in [2.05, 4.69) is 10.1 Å². The number of benzene rings is 1. The van der Waals surface area contributed by atoms with Crippen LogP contribution in [0.2, 0.25) is 0 Å². The summed E-state index contributed by atoms with van der Waals surface area (Å²) < 4.78 is 28.5. The molecule has 1 atom stereocenters. The number of alkyl halides is 2. The van der Waals surface area contributed by atoms with Gasteiger partial charge in [-0.3, -0.25) is 4.79 Å². The molecule has 21 heavy (non-hydrogen) atoms. The van der Waals surface area contributed by atoms with Crippen molar-refractivity contribution in [2.75, 3.05) is 6.54 Å². The molecule has 116 valence electrons. The van der Waals surface area contributed by atoms with Crippen molar-refractivity contribution < 1.29 is 23.4 Å². The predicted octanol–water partition coefficient (Wildman–Crippen LogP) is 2.57. The normalized spacial score (nSPS) is 17.0. The van der Waals surface area contributed by atoms with Crippen molar-refractivity contribution in [3.63, 3.8) is 0 Å². The van der Waals surface area contributed by atoms with Gasteiger partial charge in [0.2, 0.25) is 0 Å². The molecule has 1 saturated carbocycles. The molecule has 0 spiro atoms. The van der Waals surface area contributed by atoms with E-state index in [9.17, 15) is 18.7 Å². The minimum Gasteiger partial charge on any atom is -0.435 e. The second-order valence-electron chi connectivity index (χ2n) is 5.23. The Morgan fingerprint density at radius 3 is 2.76 bits per heavy atom. The van der Waals surface area contributed by atoms with Gasteiger partial charge in [-0.15, -0.1) is 0 Å². The molecule has 1 aromatic carbocycles. The van der Waals surface area contributed by atoms with Crippen molar-refractivity contribution in [1.82, 2.24) is 5.32 Å². The number of hydrogen-bond acceptors (Lipinski definition) is 3. The third kappa shape index (κ3) is 4.67. The van der Waals surface area contributed by atoms with E-state index in [1.54, 1.807) is 0 Å². The quantitative estimate of drug-likeness (QED) is 0.849. The maximum Gasteiger partial charge on any atom is 0.387 e. The fourth-order valence-electron chi connectivity index (χ4n) is 2.62. The summed E-state index contributed by atoms with van der Waals surface area (Å²) >= 11 is 0. The van der Waals surface area contributed by atoms with Crippen LogP contribution in [0, 0.1) is 5.92 Å². The second-order valence-corrected chi connectivity index (χ2v) is 5.23. The Labute approximate surface area is 122 Å². The van der Waals surface area contributed by atoms with Gasteiger partial charge >= 0.3 is 6.61 Å². The van der Waals surface area contributed by atoms with Gasteiger partial charge in [-0.25, -0.2) is 0 Å². The molecule has 1 aliphatic carbocycles. The smallest absolute Gasteiger partial charge is 0.387 e. The van der Waals surface area contributed by atoms with Crippen LogP contribution in [0.1, 0.15) is 36.0 Å². The first kappa shape index (κ1) is 15.7. The summed E-state index contributed by atoms with van der Waals surface area (Å²) in [7, 11) is 0. The van der Waals surface area contributed by atoms with E-state index in [0.29, 0.717) is 0 Å². The maximum absolute atomic E-state index is 12.1. The molecule has 0 bridgehead atoms. The third-order valence-corrected chi connectivity index (χ3v) is 3.74. The number of hydrogen-bond donors (Lipinski definition) is 2. The van der Waals surface area contributed by atoms with Crippen molar-refractivity contribution in [1.29, 1.82) is 0 Å². The topological polar surface area (TPSA) is 58.6 Å². The standard InChI is InChI=1S/C15H19F2NO3/c16-15(17)21-12-7-3-6-11(8-12)14(20)18-9-13(19)10-4-1-2-5-10/h3,6-8,10,13,15,19H,1-2,4-5,9H2,(H,18,20). The second kappa shape index (κ2) is 7.36. The summed E-state index contributed by atoms with van der Waals surface area (Å²) in [6, 6.07) is 5.59. The molecule has 4 nitrogen and oxygen atoms in total. The molecule has 1 aromatic rings. The van der Waals surface area contributed by atoms with Crippen molar-refractivity contribution in [3.05, 3.63) is 29.8 Å². The zero-order chi connectivity index (χ0) is 15.2. The fourth-order valence-corrected chi connectivity index (χ4v) is 2.62. The highest BCUT2D eigenvalue weighted by molar-refractivity contribution is 5.94. The Morgan fingerprint density at radius 1 is 1.38 bits per heavy atom. The zero-order valence-corrected chi connectivity index (χ0v) is 11.6. The number of amides is 1. The van der Waals surface area contributed by atoms with Crippen LogP contribution >= 0.6 is 0 Å². The highest BCUT2D eigenvalue weighted by Gasteiger charge is 2.23. The van der Waals surface area contributed by atoms with Gasteiger partial charge in [-0.2, -0.15) is 8.78 Å². The average Bonchev–Trinajstić information content (AvgIpc) is 2.98. The first-order valence-electron chi connectivity index (χ1n) is 7.07. The lowest BCUT2D eigenvalue weighted by Crippen LogP contribution is -2.35. The van der Waals surface area contributed by atoms with Crippen LogP contribution in [0.15, 0.2) is 24.3 Å². The molecule has 1 unspecified atom stereocenters. The van der Waals surface area contributed by atoms with Crippen LogP contribution in [-0.4, -0.2) is 30.3 Å². The molecule has 1 aliphatic rings. The van der Waals surface area contributed by atoms with Crippen LogP contribution in [0.3, 0.4) is 0 Å². The van der Waals surface area contributed by atoms with E-state index in [1.165, 1.54) is 24.3 Å². The molecule has 2 N–H and O–H groups in total. The van der Waals surface area contributed by atoms with Gasteiger partial charge in [-0.1, -0.05) is 18.9 Å². The average molecular weight is 299 g/mol. The molecule has 0 radical (unpaired) electrons. The predicted molar refractivity (Wildman–Crippen MR) is 73.4 cm³/mol. The number of rotatable bonds is 6. The molecule has 1 fully saturated rings. The summed E-state index contributed by atoms with van der Waals surface area (Å²) in [5.41, 5.74) is 0.228. The number of carbonyl (C=O) groups is 1. The van der Waals surface area contributed by atoms with Gasteiger partial charge in [0.15, 0.2) is 0 Å². The van der Waals surface area contributed by atoms with Crippen LogP contribution in [0.5, 0.6) is 5.75 Å². The van der Waals surface area contributed by atoms with Crippen molar-refractivity contribution >= 4 is 5.91 Å². The molecule has 0 heterocycles. The molecular weight excluding hydrogens is 280 g/mol. The lowest BCUT2D eigenvalue weighted by atomic mass is 10.0. The summed E-state index contributed by atoms with van der Waals surface area (Å²) in [6.45, 7) is -2.75. The Morgan fingerprint density at radius 2 is 2.10 bits per heavy atom. The van der Waals surface area contributed by atoms with Crippen molar-refractivity contribution in [3.8, 4) is 5.75 Å². The third-order valence-electron chi connectivity index (χ3n) is 3.74. The minimum atomic E-state index is -2.92. The number of aliphatic hydroxyl groups excluding tert-OH is 1. The first-order valence-corrected chi connectivity index (χ1v) is 7.07. The molecule has 0 saturated heterocycles. The van der Waals surface area contributed by atoms with Crippen molar-refractivity contribution in [2.45, 2.75) is 38.4 Å². The Hall–Kier alpha value is -1.69. The van der Waals surface area contributed by atoms with E-state index in [-0.39, 0.29) is 23.8 Å². The van der Waals surface area contributed by atoms with E-state index < -0.39 is 18.6 Å². The molecule has 1 amide bonds. The van der Waals surface area contributed by atoms with E-state index in [1.807, 2.05) is 0 Å². The van der Waals surface area contributed by atoms with Gasteiger partial charge in [0.05, 0.1) is 6.10 Å². The number of ether oxygens (including phenoxy) is 1. The first-order chi connectivity index (χ1) is 10.1. The molecular formula is C15H19F2NO3. The van der Waals surface area contributed by atoms with Crippen LogP contribution in [-0.2, 0) is 0 Å². The Kier molecular flexibility index (Phi) is 5.50. The fraction of sp³-hybridized carbons (Fsp3) is 0.533. The summed E-state index contributed by atoms with van der Waals surface area (Å²) in [6.07, 6.45) is 3.63. The lowest BCUT2D eigenvalue weighted by molar-refractivity contribution is -0.0498. The van der Waals surface area contributed by atoms with Gasteiger partial charge in [0.1, 0.15) is 5.75 Å². The number of aliphatic hydroxyl groups is 1. The SMILES string of the molecule is O=C(NCC(O)C1CCCC1)c1cccc(OC(F)F)c1. The molecule has 0 aliphatic heterocycles. The maximum atomic E-state index is 12.1. The Balaban J connectivity index is 1.87. The Bertz CT molecular complexity index is 476.